The van der Waals surface area contributed by atoms with E-state index in [1.165, 1.54) is 29.2 Å². The molecule has 3 aromatic carbocycles. The molecule has 1 aromatic heterocycles. The first-order chi connectivity index (χ1) is 17.7. The number of carbonyl (C=O) groups excluding carboxylic acids is 2. The molecule has 2 amide bonds. The van der Waals surface area contributed by atoms with Gasteiger partial charge >= 0.3 is 0 Å². The zero-order chi connectivity index (χ0) is 26.1. The number of thioether (sulfide) groups is 1. The molecule has 4 aromatic rings. The number of anilines is 1. The number of nitro benzene ring substituents is 1. The molecule has 5 rings (SSSR count). The number of rotatable bonds is 6. The van der Waals surface area contributed by atoms with Crippen LogP contribution in [-0.2, 0) is 4.79 Å². The molecular formula is C25H16N4O4S4. The highest BCUT2D eigenvalue weighted by atomic mass is 32.2. The second-order valence-electron chi connectivity index (χ2n) is 7.92. The third kappa shape index (κ3) is 5.72. The first-order valence-corrected chi connectivity index (χ1v) is 13.6. The Hall–Kier alpha value is -3.58. The van der Waals surface area contributed by atoms with Gasteiger partial charge in [-0.2, -0.15) is 0 Å². The van der Waals surface area contributed by atoms with Crippen LogP contribution in [0.1, 0.15) is 21.5 Å². The average molecular weight is 565 g/mol. The molecule has 2 N–H and O–H groups in total. The lowest BCUT2D eigenvalue weighted by Crippen LogP contribution is -2.17. The summed E-state index contributed by atoms with van der Waals surface area (Å²) in [6, 6.07) is 17.5. The van der Waals surface area contributed by atoms with Crippen molar-refractivity contribution < 1.29 is 14.5 Å². The van der Waals surface area contributed by atoms with Gasteiger partial charge in [-0.3, -0.25) is 19.7 Å². The number of carbonyl (C=O) groups is 2. The summed E-state index contributed by atoms with van der Waals surface area (Å²) in [7, 11) is 0. The van der Waals surface area contributed by atoms with Crippen LogP contribution in [0.3, 0.4) is 0 Å². The Balaban J connectivity index is 1.36. The quantitative estimate of drug-likeness (QED) is 0.120. The number of hydrogen-bond acceptors (Lipinski definition) is 9. The van der Waals surface area contributed by atoms with E-state index in [9.17, 15) is 19.7 Å². The van der Waals surface area contributed by atoms with E-state index in [0.717, 1.165) is 27.5 Å². The summed E-state index contributed by atoms with van der Waals surface area (Å²) in [5.41, 5.74) is 3.43. The molecule has 0 aliphatic carbocycles. The average Bonchev–Trinajstić information content (AvgIpc) is 3.40. The maximum Gasteiger partial charge on any atom is 0.283 e. The summed E-state index contributed by atoms with van der Waals surface area (Å²) in [5, 5.41) is 17.2. The van der Waals surface area contributed by atoms with Crippen molar-refractivity contribution in [2.45, 2.75) is 16.2 Å². The Bertz CT molecular complexity index is 1630. The first kappa shape index (κ1) is 25.1. The summed E-state index contributed by atoms with van der Waals surface area (Å²) < 4.78 is 1.82. The van der Waals surface area contributed by atoms with Crippen molar-refractivity contribution in [2.75, 3.05) is 5.32 Å². The lowest BCUT2D eigenvalue weighted by Gasteiger charge is -2.05. The zero-order valence-corrected chi connectivity index (χ0v) is 22.3. The Labute approximate surface area is 228 Å². The standard InChI is InChI=1S/C25H16N4O4S4/c1-13-2-5-15(6-3-13)22(30)26-16-7-8-17-20(12-16)37-25(27-17)36-19-9-4-14(10-18(19)29(32)33)11-21-23(31)28-24(34)35-21/h2-12H,1H3,(H,26,30)(H,28,31,34)/b21-11-. The number of aromatic nitrogens is 1. The molecule has 12 heteroatoms. The van der Waals surface area contributed by atoms with Gasteiger partial charge in [0.2, 0.25) is 0 Å². The summed E-state index contributed by atoms with van der Waals surface area (Å²) >= 11 is 8.67. The van der Waals surface area contributed by atoms with E-state index in [2.05, 4.69) is 15.6 Å². The number of thiocarbonyl (C=S) groups is 1. The predicted molar refractivity (Wildman–Crippen MR) is 152 cm³/mol. The van der Waals surface area contributed by atoms with Gasteiger partial charge in [-0.15, -0.1) is 11.3 Å². The highest BCUT2D eigenvalue weighted by molar-refractivity contribution is 8.26. The molecule has 184 valence electrons. The Morgan fingerprint density at radius 3 is 2.65 bits per heavy atom. The number of amides is 2. The van der Waals surface area contributed by atoms with Gasteiger partial charge in [-0.05, 0) is 55.0 Å². The van der Waals surface area contributed by atoms with Crippen LogP contribution in [0.4, 0.5) is 11.4 Å². The third-order valence-electron chi connectivity index (χ3n) is 5.26. The predicted octanol–water partition coefficient (Wildman–Crippen LogP) is 6.41. The Morgan fingerprint density at radius 2 is 1.95 bits per heavy atom. The van der Waals surface area contributed by atoms with Crippen LogP contribution < -0.4 is 10.6 Å². The van der Waals surface area contributed by atoms with E-state index >= 15 is 0 Å². The van der Waals surface area contributed by atoms with Gasteiger partial charge in [0, 0.05) is 17.3 Å². The summed E-state index contributed by atoms with van der Waals surface area (Å²) in [4.78, 5) is 41.2. The molecule has 37 heavy (non-hydrogen) atoms. The number of fused-ring (bicyclic) bond motifs is 1. The fraction of sp³-hybridized carbons (Fsp3) is 0.0400. The van der Waals surface area contributed by atoms with Crippen molar-refractivity contribution in [1.82, 2.24) is 10.3 Å². The number of hydrogen-bond donors (Lipinski definition) is 2. The third-order valence-corrected chi connectivity index (χ3v) is 8.56. The molecule has 0 atom stereocenters. The number of nitrogens with zero attached hydrogens (tertiary/aromatic N) is 2. The number of aryl methyl sites for hydroxylation is 1. The lowest BCUT2D eigenvalue weighted by molar-refractivity contribution is -0.387. The molecular weight excluding hydrogens is 549 g/mol. The van der Waals surface area contributed by atoms with Gasteiger partial charge in [0.05, 0.1) is 24.9 Å². The lowest BCUT2D eigenvalue weighted by atomic mass is 10.1. The fourth-order valence-electron chi connectivity index (χ4n) is 3.45. The summed E-state index contributed by atoms with van der Waals surface area (Å²) in [6.07, 6.45) is 1.57. The normalized spacial score (nSPS) is 14.2. The number of thiazole rings is 1. The van der Waals surface area contributed by atoms with Crippen molar-refractivity contribution in [2.24, 2.45) is 0 Å². The second kappa shape index (κ2) is 10.4. The zero-order valence-electron chi connectivity index (χ0n) is 19.0. The maximum absolute atomic E-state index is 12.6. The number of benzene rings is 3. The van der Waals surface area contributed by atoms with Crippen LogP contribution in [0.15, 0.2) is 74.8 Å². The van der Waals surface area contributed by atoms with E-state index in [1.54, 1.807) is 42.5 Å². The van der Waals surface area contributed by atoms with Gasteiger partial charge in [-0.1, -0.05) is 59.5 Å². The van der Waals surface area contributed by atoms with Crippen LogP contribution in [0, 0.1) is 17.0 Å². The van der Waals surface area contributed by atoms with E-state index < -0.39 is 4.92 Å². The number of nitrogens with one attached hydrogen (secondary N) is 2. The molecule has 8 nitrogen and oxygen atoms in total. The molecule has 2 heterocycles. The van der Waals surface area contributed by atoms with Gasteiger partial charge in [0.25, 0.3) is 17.5 Å². The molecule has 1 saturated heterocycles. The van der Waals surface area contributed by atoms with Crippen molar-refractivity contribution in [3.8, 4) is 0 Å². The molecule has 1 fully saturated rings. The minimum absolute atomic E-state index is 0.0874. The fourth-order valence-corrected chi connectivity index (χ4v) is 6.64. The minimum atomic E-state index is -0.455. The molecule has 0 saturated carbocycles. The van der Waals surface area contributed by atoms with Crippen molar-refractivity contribution in [3.05, 3.63) is 92.4 Å². The SMILES string of the molecule is Cc1ccc(C(=O)Nc2ccc3nc(Sc4ccc(/C=C5\SC(=S)NC5=O)cc4[N+](=O)[O-])sc3c2)cc1. The van der Waals surface area contributed by atoms with E-state index in [1.807, 2.05) is 25.1 Å². The van der Waals surface area contributed by atoms with Crippen molar-refractivity contribution in [3.63, 3.8) is 0 Å². The molecule has 1 aliphatic heterocycles. The van der Waals surface area contributed by atoms with Crippen molar-refractivity contribution >= 4 is 90.9 Å². The second-order valence-corrected chi connectivity index (χ2v) is 12.0. The van der Waals surface area contributed by atoms with E-state index in [-0.39, 0.29) is 17.5 Å². The van der Waals surface area contributed by atoms with Crippen LogP contribution in [-0.4, -0.2) is 26.0 Å². The van der Waals surface area contributed by atoms with Gasteiger partial charge in [0.15, 0.2) is 4.34 Å². The topological polar surface area (TPSA) is 114 Å². The molecule has 0 bridgehead atoms. The van der Waals surface area contributed by atoms with E-state index in [4.69, 9.17) is 12.2 Å². The van der Waals surface area contributed by atoms with Crippen LogP contribution in [0.25, 0.3) is 16.3 Å². The van der Waals surface area contributed by atoms with Gasteiger partial charge < -0.3 is 10.6 Å². The minimum Gasteiger partial charge on any atom is -0.322 e. The first-order valence-electron chi connectivity index (χ1n) is 10.7. The van der Waals surface area contributed by atoms with Crippen LogP contribution in [0.5, 0.6) is 0 Å². The molecule has 1 aliphatic rings. The monoisotopic (exact) mass is 564 g/mol. The largest absolute Gasteiger partial charge is 0.322 e. The molecule has 0 unspecified atom stereocenters. The smallest absolute Gasteiger partial charge is 0.283 e. The number of nitro groups is 1. The Morgan fingerprint density at radius 1 is 1.16 bits per heavy atom. The highest BCUT2D eigenvalue weighted by Crippen LogP contribution is 2.40. The Kier molecular flexibility index (Phi) is 7.07. The van der Waals surface area contributed by atoms with Crippen LogP contribution >= 0.6 is 47.1 Å². The molecule has 0 spiro atoms. The summed E-state index contributed by atoms with van der Waals surface area (Å²) in [6.45, 7) is 1.96. The summed E-state index contributed by atoms with van der Waals surface area (Å²) in [5.74, 6) is -0.528. The van der Waals surface area contributed by atoms with Gasteiger partial charge in [-0.25, -0.2) is 4.98 Å². The highest BCUT2D eigenvalue weighted by Gasteiger charge is 2.23. The molecule has 0 radical (unpaired) electrons. The van der Waals surface area contributed by atoms with Gasteiger partial charge in [0.1, 0.15) is 4.32 Å². The van der Waals surface area contributed by atoms with Crippen LogP contribution in [0.2, 0.25) is 0 Å². The van der Waals surface area contributed by atoms with Crippen molar-refractivity contribution in [1.29, 1.82) is 0 Å². The van der Waals surface area contributed by atoms with E-state index in [0.29, 0.717) is 35.3 Å². The maximum atomic E-state index is 12.6.